The first-order valence-electron chi connectivity index (χ1n) is 0. The van der Waals surface area contributed by atoms with Gasteiger partial charge in [-0.15, -0.1) is 0 Å². The molecule has 0 unspecified atom stereocenters. The Hall–Kier alpha value is 4.38. The topological polar surface area (TPSA) is 31.5 Å². The van der Waals surface area contributed by atoms with E-state index in [-0.39, 0.29) is 139 Å². The molecule has 0 saturated carbocycles. The minimum atomic E-state index is 0. The number of hydrogen-bond donors (Lipinski definition) is 0. The van der Waals surface area contributed by atoms with E-state index in [0.717, 1.165) is 0 Å². The molecular formula is H4BaOPtUY. The first-order chi connectivity index (χ1) is 0. The molecule has 0 spiro atoms. The second-order valence-corrected chi connectivity index (χ2v) is 0. The molecule has 0 rings (SSSR count). The van der Waals surface area contributed by atoms with Crippen LogP contribution in [0.2, 0.25) is 0 Å². The van der Waals surface area contributed by atoms with Crippen molar-refractivity contribution >= 4 is 48.9 Å². The molecule has 29 valence electrons. The van der Waals surface area contributed by atoms with Crippen LogP contribution >= 0.6 is 0 Å². The molecule has 0 fully saturated rings. The normalized spacial score (nSPS) is 0. The Kier molecular flexibility index (Phi) is 164. The molecule has 5 heavy (non-hydrogen) atoms. The summed E-state index contributed by atoms with van der Waals surface area (Å²) in [4.78, 5) is 0. The van der Waals surface area contributed by atoms with E-state index < -0.39 is 0 Å². The van der Waals surface area contributed by atoms with Crippen LogP contribution in [0.5, 0.6) is 0 Å². The Labute approximate surface area is 135 Å². The maximum absolute atomic E-state index is 0. The van der Waals surface area contributed by atoms with Crippen LogP contribution in [0, 0.1) is 31.1 Å². The van der Waals surface area contributed by atoms with E-state index in [2.05, 4.69) is 0 Å². The van der Waals surface area contributed by atoms with Crippen molar-refractivity contribution in [2.75, 3.05) is 0 Å². The largest absolute Gasteiger partial charge is 0 e. The summed E-state index contributed by atoms with van der Waals surface area (Å²) >= 11 is 0. The van der Waals surface area contributed by atoms with Crippen molar-refractivity contribution in [3.63, 3.8) is 0 Å². The second-order valence-electron chi connectivity index (χ2n) is 0. The van der Waals surface area contributed by atoms with Crippen molar-refractivity contribution in [3.05, 3.63) is 0 Å². The monoisotopic (exact) mass is 680 g/mol. The van der Waals surface area contributed by atoms with Gasteiger partial charge in [0, 0.05) is 84.9 Å². The third-order valence-electron chi connectivity index (χ3n) is 0. The van der Waals surface area contributed by atoms with Gasteiger partial charge in [0.1, 0.15) is 0 Å². The number of rotatable bonds is 0. The molecule has 1 radical (unpaired) electrons. The van der Waals surface area contributed by atoms with Crippen molar-refractivity contribution in [2.24, 2.45) is 0 Å². The molecular weight excluding hydrogens is 675 g/mol. The molecule has 5 heteroatoms. The summed E-state index contributed by atoms with van der Waals surface area (Å²) in [6, 6.07) is 0. The summed E-state index contributed by atoms with van der Waals surface area (Å²) < 4.78 is 0. The van der Waals surface area contributed by atoms with Crippen LogP contribution < -0.4 is 0 Å². The zero-order chi connectivity index (χ0) is 0. The van der Waals surface area contributed by atoms with E-state index in [9.17, 15) is 0 Å². The Morgan fingerprint density at radius 2 is 1.00 bits per heavy atom. The maximum atomic E-state index is 0. The Balaban J connectivity index is 0. The molecule has 0 amide bonds. The van der Waals surface area contributed by atoms with Gasteiger partial charge in [0.2, 0.25) is 0 Å². The first-order valence-corrected chi connectivity index (χ1v) is 0. The molecule has 0 aliphatic carbocycles. The summed E-state index contributed by atoms with van der Waals surface area (Å²) in [6.45, 7) is 0. The van der Waals surface area contributed by atoms with E-state index in [1.165, 1.54) is 0 Å². The summed E-state index contributed by atoms with van der Waals surface area (Å²) in [5.74, 6) is 0. The molecule has 2 N–H and O–H groups in total. The van der Waals surface area contributed by atoms with E-state index in [1.54, 1.807) is 0 Å². The van der Waals surface area contributed by atoms with Gasteiger partial charge in [-0.05, 0) is 0 Å². The minimum absolute atomic E-state index is 0. The van der Waals surface area contributed by atoms with Crippen LogP contribution in [0.1, 0.15) is 0 Å². The third-order valence-corrected chi connectivity index (χ3v) is 0. The zero-order valence-electron chi connectivity index (χ0n) is 1.89. The van der Waals surface area contributed by atoms with Gasteiger partial charge in [-0.2, -0.15) is 0 Å². The molecule has 0 saturated heterocycles. The van der Waals surface area contributed by atoms with Crippen LogP contribution in [0.3, 0.4) is 0 Å². The minimum Gasteiger partial charge on any atom is 0 e. The van der Waals surface area contributed by atoms with Crippen molar-refractivity contribution in [1.82, 2.24) is 0 Å². The third kappa shape index (κ3) is 17.8. The van der Waals surface area contributed by atoms with Gasteiger partial charge in [-0.25, -0.2) is 0 Å². The summed E-state index contributed by atoms with van der Waals surface area (Å²) in [5.41, 5.74) is 0. The summed E-state index contributed by atoms with van der Waals surface area (Å²) in [6.07, 6.45) is 0. The summed E-state index contributed by atoms with van der Waals surface area (Å²) in [5, 5.41) is 0. The van der Waals surface area contributed by atoms with E-state index in [0.29, 0.717) is 0 Å². The van der Waals surface area contributed by atoms with Gasteiger partial charge in [-0.1, -0.05) is 0 Å². The van der Waals surface area contributed by atoms with Crippen LogP contribution in [0.25, 0.3) is 0 Å². The second kappa shape index (κ2) is 23.8. The van der Waals surface area contributed by atoms with Crippen LogP contribution in [-0.4, -0.2) is 54.4 Å². The predicted octanol–water partition coefficient (Wildman–Crippen LogP) is -1.75. The van der Waals surface area contributed by atoms with Gasteiger partial charge < -0.3 is 5.48 Å². The first kappa shape index (κ1) is 34.4. The Morgan fingerprint density at radius 3 is 1.00 bits per heavy atom. The van der Waals surface area contributed by atoms with Gasteiger partial charge in [0.25, 0.3) is 0 Å². The summed E-state index contributed by atoms with van der Waals surface area (Å²) in [7, 11) is 0. The van der Waals surface area contributed by atoms with Gasteiger partial charge in [0.05, 0.1) is 0 Å². The van der Waals surface area contributed by atoms with Crippen LogP contribution in [-0.2, 0) is 53.8 Å². The average molecular weight is 679 g/mol. The van der Waals surface area contributed by atoms with Crippen molar-refractivity contribution in [2.45, 2.75) is 0 Å². The quantitative estimate of drug-likeness (QED) is 0.273. The number of hydrogen-bond acceptors (Lipinski definition) is 0. The van der Waals surface area contributed by atoms with Crippen LogP contribution in [0.4, 0.5) is 0 Å². The van der Waals surface area contributed by atoms with Crippen molar-refractivity contribution in [1.29, 1.82) is 0 Å². The van der Waals surface area contributed by atoms with Crippen molar-refractivity contribution < 1.29 is 90.4 Å². The molecule has 0 heterocycles. The van der Waals surface area contributed by atoms with Gasteiger partial charge in [0.15, 0.2) is 0 Å². The van der Waals surface area contributed by atoms with Crippen LogP contribution in [0.15, 0.2) is 0 Å². The predicted molar refractivity (Wildman–Crippen MR) is 12.2 cm³/mol. The van der Waals surface area contributed by atoms with Gasteiger partial charge in [-0.3, -0.25) is 0 Å². The molecule has 0 aromatic rings. The molecule has 0 atom stereocenters. The molecule has 0 bridgehead atoms. The molecule has 1 nitrogen and oxygen atoms in total. The Bertz CT molecular complexity index is 11.6. The molecule has 0 aromatic heterocycles. The molecule has 0 aromatic carbocycles. The van der Waals surface area contributed by atoms with Crippen molar-refractivity contribution in [3.8, 4) is 0 Å². The van der Waals surface area contributed by atoms with Gasteiger partial charge >= 0.3 is 48.9 Å². The SMILES string of the molecule is O.[BaH2].[Pt].[U].[Y]. The smallest absolute Gasteiger partial charge is 0 e. The van der Waals surface area contributed by atoms with E-state index in [1.807, 2.05) is 0 Å². The van der Waals surface area contributed by atoms with E-state index >= 15 is 0 Å². The fourth-order valence-corrected chi connectivity index (χ4v) is 0. The Morgan fingerprint density at radius 1 is 1.00 bits per heavy atom. The van der Waals surface area contributed by atoms with E-state index in [4.69, 9.17) is 0 Å². The standard InChI is InChI=1S/Ba.H2O.Pt.U.Y.2H/h;1H2;;;;;. The molecule has 0 aliphatic rings. The zero-order valence-corrected chi connectivity index (χ0v) is 11.2. The fourth-order valence-electron chi connectivity index (χ4n) is 0. The molecule has 0 aliphatic heterocycles. The fraction of sp³-hybridized carbons (Fsp3) is 0. The maximum Gasteiger partial charge on any atom is 0 e. The average Bonchev–Trinajstić information content (AvgIpc) is 0.